The lowest BCUT2D eigenvalue weighted by Gasteiger charge is -2.26. The Balaban J connectivity index is 1.68. The molecular weight excluding hydrogens is 242 g/mol. The molecule has 0 radical (unpaired) electrons. The molecule has 0 unspecified atom stereocenters. The van der Waals surface area contributed by atoms with E-state index in [0.717, 1.165) is 51.1 Å². The van der Waals surface area contributed by atoms with Gasteiger partial charge in [-0.1, -0.05) is 0 Å². The molecule has 19 heavy (non-hydrogen) atoms. The van der Waals surface area contributed by atoms with Crippen LogP contribution in [0.2, 0.25) is 0 Å². The summed E-state index contributed by atoms with van der Waals surface area (Å²) in [5, 5.41) is 12.4. The fourth-order valence-corrected chi connectivity index (χ4v) is 2.80. The van der Waals surface area contributed by atoms with Gasteiger partial charge in [0.1, 0.15) is 5.82 Å². The summed E-state index contributed by atoms with van der Waals surface area (Å²) in [6, 6.07) is 0. The zero-order valence-electron chi connectivity index (χ0n) is 11.5. The van der Waals surface area contributed by atoms with Gasteiger partial charge in [-0.3, -0.25) is 4.79 Å². The number of aryl methyl sites for hydroxylation is 1. The van der Waals surface area contributed by atoms with Crippen LogP contribution < -0.4 is 5.32 Å². The van der Waals surface area contributed by atoms with Gasteiger partial charge in [-0.15, -0.1) is 0 Å². The number of nitrogens with one attached hydrogen (secondary N) is 1. The van der Waals surface area contributed by atoms with Crippen LogP contribution in [-0.2, 0) is 17.9 Å². The summed E-state index contributed by atoms with van der Waals surface area (Å²) in [6.45, 7) is 4.81. The predicted molar refractivity (Wildman–Crippen MR) is 72.7 cm³/mol. The van der Waals surface area contributed by atoms with Crippen LogP contribution in [-0.4, -0.2) is 27.2 Å². The second kappa shape index (κ2) is 6.70. The highest BCUT2D eigenvalue weighted by Crippen LogP contribution is 2.28. The van der Waals surface area contributed by atoms with Crippen molar-refractivity contribution in [3.63, 3.8) is 0 Å². The van der Waals surface area contributed by atoms with Gasteiger partial charge in [0, 0.05) is 18.9 Å². The molecule has 0 saturated heterocycles. The quantitative estimate of drug-likeness (QED) is 0.824. The van der Waals surface area contributed by atoms with Gasteiger partial charge in [-0.05, 0) is 45.1 Å². The van der Waals surface area contributed by atoms with Crippen molar-refractivity contribution in [3.05, 3.63) is 18.2 Å². The third kappa shape index (κ3) is 3.80. The molecule has 5 nitrogen and oxygen atoms in total. The molecule has 1 aliphatic rings. The third-order valence-corrected chi connectivity index (χ3v) is 4.05. The van der Waals surface area contributed by atoms with Crippen LogP contribution >= 0.6 is 0 Å². The highest BCUT2D eigenvalue weighted by Gasteiger charge is 2.25. The smallest absolute Gasteiger partial charge is 0.306 e. The van der Waals surface area contributed by atoms with Gasteiger partial charge >= 0.3 is 5.97 Å². The maximum absolute atomic E-state index is 10.9. The fourth-order valence-electron chi connectivity index (χ4n) is 2.80. The zero-order chi connectivity index (χ0) is 13.7. The summed E-state index contributed by atoms with van der Waals surface area (Å²) in [4.78, 5) is 15.2. The molecule has 1 aliphatic carbocycles. The molecule has 5 heteroatoms. The van der Waals surface area contributed by atoms with Crippen LogP contribution in [0, 0.1) is 11.8 Å². The first-order valence-corrected chi connectivity index (χ1v) is 7.14. The number of imidazole rings is 1. The average molecular weight is 265 g/mol. The van der Waals surface area contributed by atoms with Gasteiger partial charge in [0.25, 0.3) is 0 Å². The number of hydrogen-bond donors (Lipinski definition) is 2. The molecule has 1 saturated carbocycles. The molecule has 0 aliphatic heterocycles. The van der Waals surface area contributed by atoms with Crippen molar-refractivity contribution in [1.82, 2.24) is 14.9 Å². The summed E-state index contributed by atoms with van der Waals surface area (Å²) in [6.07, 6.45) is 7.52. The Hall–Kier alpha value is -1.36. The number of aromatic nitrogens is 2. The van der Waals surface area contributed by atoms with E-state index >= 15 is 0 Å². The van der Waals surface area contributed by atoms with Gasteiger partial charge in [0.15, 0.2) is 0 Å². The van der Waals surface area contributed by atoms with Gasteiger partial charge in [0.05, 0.1) is 12.5 Å². The van der Waals surface area contributed by atoms with E-state index in [4.69, 9.17) is 5.11 Å². The highest BCUT2D eigenvalue weighted by atomic mass is 16.4. The molecule has 0 bridgehead atoms. The predicted octanol–water partition coefficient (Wildman–Crippen LogP) is 1.88. The van der Waals surface area contributed by atoms with Crippen molar-refractivity contribution in [2.75, 3.05) is 6.54 Å². The third-order valence-electron chi connectivity index (χ3n) is 4.05. The maximum atomic E-state index is 10.9. The minimum atomic E-state index is -0.628. The first-order chi connectivity index (χ1) is 9.20. The summed E-state index contributed by atoms with van der Waals surface area (Å²) in [7, 11) is 0. The number of aliphatic carboxylic acids is 1. The molecule has 1 heterocycles. The van der Waals surface area contributed by atoms with Crippen LogP contribution in [0.25, 0.3) is 0 Å². The number of nitrogens with zero attached hydrogens (tertiary/aromatic N) is 2. The van der Waals surface area contributed by atoms with Gasteiger partial charge in [-0.2, -0.15) is 0 Å². The van der Waals surface area contributed by atoms with Crippen LogP contribution in [0.15, 0.2) is 12.4 Å². The number of hydrogen-bond acceptors (Lipinski definition) is 3. The van der Waals surface area contributed by atoms with Crippen LogP contribution in [0.4, 0.5) is 0 Å². The lowest BCUT2D eigenvalue weighted by Crippen LogP contribution is -2.29. The number of carboxylic acids is 1. The van der Waals surface area contributed by atoms with Gasteiger partial charge in [0.2, 0.25) is 0 Å². The second-order valence-electron chi connectivity index (χ2n) is 5.32. The van der Waals surface area contributed by atoms with E-state index in [9.17, 15) is 4.79 Å². The lowest BCUT2D eigenvalue weighted by molar-refractivity contribution is -0.143. The van der Waals surface area contributed by atoms with Crippen LogP contribution in [0.3, 0.4) is 0 Å². The molecule has 0 spiro atoms. The Morgan fingerprint density at radius 2 is 2.21 bits per heavy atom. The van der Waals surface area contributed by atoms with Gasteiger partial charge < -0.3 is 15.0 Å². The Kier molecular flexibility index (Phi) is 4.96. The lowest BCUT2D eigenvalue weighted by atomic mass is 9.82. The summed E-state index contributed by atoms with van der Waals surface area (Å²) in [5.41, 5.74) is 0. The van der Waals surface area contributed by atoms with Crippen molar-refractivity contribution >= 4 is 5.97 Å². The maximum Gasteiger partial charge on any atom is 0.306 e. The molecule has 0 amide bonds. The van der Waals surface area contributed by atoms with E-state index in [1.54, 1.807) is 0 Å². The van der Waals surface area contributed by atoms with E-state index in [-0.39, 0.29) is 5.92 Å². The van der Waals surface area contributed by atoms with Crippen molar-refractivity contribution in [3.8, 4) is 0 Å². The van der Waals surface area contributed by atoms with Crippen molar-refractivity contribution in [1.29, 1.82) is 0 Å². The van der Waals surface area contributed by atoms with Gasteiger partial charge in [-0.25, -0.2) is 4.98 Å². The molecule has 0 atom stereocenters. The first kappa shape index (κ1) is 14.1. The molecule has 2 rings (SSSR count). The molecule has 1 aromatic heterocycles. The molecule has 0 aromatic carbocycles. The Bertz CT molecular complexity index is 409. The van der Waals surface area contributed by atoms with Crippen molar-refractivity contribution in [2.45, 2.75) is 45.7 Å². The number of carbonyl (C=O) groups is 1. The SMILES string of the molecule is CCn1ccnc1CNCC1CCC(C(=O)O)CC1. The van der Waals surface area contributed by atoms with Crippen LogP contribution in [0.5, 0.6) is 0 Å². The second-order valence-corrected chi connectivity index (χ2v) is 5.32. The Morgan fingerprint density at radius 1 is 1.47 bits per heavy atom. The molecule has 1 fully saturated rings. The monoisotopic (exact) mass is 265 g/mol. The summed E-state index contributed by atoms with van der Waals surface area (Å²) in [5.74, 6) is 0.939. The minimum Gasteiger partial charge on any atom is -0.481 e. The Labute approximate surface area is 114 Å². The van der Waals surface area contributed by atoms with E-state index in [0.29, 0.717) is 5.92 Å². The number of carboxylic acid groups (broad SMARTS) is 1. The van der Waals surface area contributed by atoms with E-state index in [2.05, 4.69) is 21.8 Å². The van der Waals surface area contributed by atoms with E-state index in [1.165, 1.54) is 0 Å². The zero-order valence-corrected chi connectivity index (χ0v) is 11.5. The van der Waals surface area contributed by atoms with E-state index in [1.807, 2.05) is 12.4 Å². The van der Waals surface area contributed by atoms with Crippen LogP contribution in [0.1, 0.15) is 38.4 Å². The first-order valence-electron chi connectivity index (χ1n) is 7.14. The normalized spacial score (nSPS) is 23.4. The fraction of sp³-hybridized carbons (Fsp3) is 0.714. The molecule has 1 aromatic rings. The number of rotatable bonds is 6. The topological polar surface area (TPSA) is 67.2 Å². The average Bonchev–Trinajstić information content (AvgIpc) is 2.87. The highest BCUT2D eigenvalue weighted by molar-refractivity contribution is 5.69. The standard InChI is InChI=1S/C14H23N3O2/c1-2-17-8-7-16-13(17)10-15-9-11-3-5-12(6-4-11)14(18)19/h7-8,11-12,15H,2-6,9-10H2,1H3,(H,18,19). The largest absolute Gasteiger partial charge is 0.481 e. The van der Waals surface area contributed by atoms with E-state index < -0.39 is 5.97 Å². The summed E-state index contributed by atoms with van der Waals surface area (Å²) >= 11 is 0. The Morgan fingerprint density at radius 3 is 2.84 bits per heavy atom. The summed E-state index contributed by atoms with van der Waals surface area (Å²) < 4.78 is 2.13. The van der Waals surface area contributed by atoms with Crippen molar-refractivity contribution < 1.29 is 9.90 Å². The van der Waals surface area contributed by atoms with Crippen molar-refractivity contribution in [2.24, 2.45) is 11.8 Å². The molecular formula is C14H23N3O2. The molecule has 2 N–H and O–H groups in total. The minimum absolute atomic E-state index is 0.116. The molecule has 106 valence electrons.